The Morgan fingerprint density at radius 1 is 1.16 bits per heavy atom. The Morgan fingerprint density at radius 2 is 1.95 bits per heavy atom. The van der Waals surface area contributed by atoms with Gasteiger partial charge in [0.1, 0.15) is 0 Å². The van der Waals surface area contributed by atoms with Gasteiger partial charge in [-0.3, -0.25) is 0 Å². The molecule has 0 amide bonds. The molecular weight excluding hydrogens is 244 g/mol. The van der Waals surface area contributed by atoms with Crippen LogP contribution in [0.4, 0.5) is 8.78 Å². The number of hydrogen-bond donors (Lipinski definition) is 1. The molecule has 1 aliphatic carbocycles. The molecule has 1 saturated carbocycles. The van der Waals surface area contributed by atoms with Crippen molar-refractivity contribution in [2.75, 3.05) is 13.1 Å². The van der Waals surface area contributed by atoms with Gasteiger partial charge in [-0.1, -0.05) is 25.8 Å². The van der Waals surface area contributed by atoms with Crippen LogP contribution >= 0.6 is 0 Å². The fourth-order valence-corrected chi connectivity index (χ4v) is 3.10. The van der Waals surface area contributed by atoms with Crippen LogP contribution in [0, 0.1) is 17.6 Å². The molecule has 2 atom stereocenters. The smallest absolute Gasteiger partial charge is 0.159 e. The van der Waals surface area contributed by atoms with Gasteiger partial charge in [0.15, 0.2) is 11.6 Å². The summed E-state index contributed by atoms with van der Waals surface area (Å²) >= 11 is 0. The van der Waals surface area contributed by atoms with E-state index in [1.807, 2.05) is 0 Å². The SMILES string of the molecule is CCCNCC1CCCCC1c1ccc(F)c(F)c1. The first-order valence-corrected chi connectivity index (χ1v) is 7.38. The van der Waals surface area contributed by atoms with Crippen LogP contribution in [0.15, 0.2) is 18.2 Å². The second-order valence-corrected chi connectivity index (χ2v) is 5.53. The molecule has 1 aliphatic rings. The van der Waals surface area contributed by atoms with Gasteiger partial charge in [-0.25, -0.2) is 8.78 Å². The Morgan fingerprint density at radius 3 is 2.68 bits per heavy atom. The minimum atomic E-state index is -0.750. The Balaban J connectivity index is 2.07. The van der Waals surface area contributed by atoms with Gasteiger partial charge in [-0.05, 0) is 61.9 Å². The highest BCUT2D eigenvalue weighted by atomic mass is 19.2. The summed E-state index contributed by atoms with van der Waals surface area (Å²) in [7, 11) is 0. The lowest BCUT2D eigenvalue weighted by atomic mass is 9.75. The maximum atomic E-state index is 13.4. The molecule has 0 bridgehead atoms. The van der Waals surface area contributed by atoms with Gasteiger partial charge in [0.05, 0.1) is 0 Å². The van der Waals surface area contributed by atoms with E-state index in [-0.39, 0.29) is 0 Å². The number of benzene rings is 1. The molecule has 1 aromatic rings. The number of nitrogens with one attached hydrogen (secondary N) is 1. The average molecular weight is 267 g/mol. The van der Waals surface area contributed by atoms with E-state index in [0.717, 1.165) is 31.5 Å². The lowest BCUT2D eigenvalue weighted by molar-refractivity contribution is 0.295. The summed E-state index contributed by atoms with van der Waals surface area (Å²) in [5, 5.41) is 3.46. The first-order chi connectivity index (χ1) is 9.22. The van der Waals surface area contributed by atoms with Crippen LogP contribution < -0.4 is 5.32 Å². The monoisotopic (exact) mass is 267 g/mol. The van der Waals surface area contributed by atoms with E-state index < -0.39 is 11.6 Å². The van der Waals surface area contributed by atoms with E-state index in [1.165, 1.54) is 31.4 Å². The van der Waals surface area contributed by atoms with Crippen molar-refractivity contribution in [1.82, 2.24) is 5.32 Å². The molecule has 0 spiro atoms. The predicted molar refractivity (Wildman–Crippen MR) is 74.2 cm³/mol. The normalized spacial score (nSPS) is 23.5. The van der Waals surface area contributed by atoms with Crippen LogP contribution in [0.3, 0.4) is 0 Å². The molecule has 3 heteroatoms. The molecule has 19 heavy (non-hydrogen) atoms. The molecule has 1 fully saturated rings. The summed E-state index contributed by atoms with van der Waals surface area (Å²) < 4.78 is 26.4. The third kappa shape index (κ3) is 3.75. The van der Waals surface area contributed by atoms with Crippen molar-refractivity contribution in [3.63, 3.8) is 0 Å². The van der Waals surface area contributed by atoms with Gasteiger partial charge in [-0.15, -0.1) is 0 Å². The van der Waals surface area contributed by atoms with Crippen LogP contribution in [0.25, 0.3) is 0 Å². The lowest BCUT2D eigenvalue weighted by Crippen LogP contribution is -2.30. The molecular formula is C16H23F2N. The van der Waals surface area contributed by atoms with Crippen molar-refractivity contribution >= 4 is 0 Å². The van der Waals surface area contributed by atoms with Crippen molar-refractivity contribution in [2.45, 2.75) is 44.9 Å². The fraction of sp³-hybridized carbons (Fsp3) is 0.625. The van der Waals surface area contributed by atoms with Gasteiger partial charge in [0, 0.05) is 0 Å². The maximum absolute atomic E-state index is 13.4. The van der Waals surface area contributed by atoms with Crippen LogP contribution in [0.1, 0.15) is 50.5 Å². The first kappa shape index (κ1) is 14.4. The van der Waals surface area contributed by atoms with E-state index in [1.54, 1.807) is 6.07 Å². The molecule has 0 radical (unpaired) electrons. The number of hydrogen-bond acceptors (Lipinski definition) is 1. The molecule has 0 aliphatic heterocycles. The zero-order valence-electron chi connectivity index (χ0n) is 11.6. The number of rotatable bonds is 5. The van der Waals surface area contributed by atoms with Crippen molar-refractivity contribution in [1.29, 1.82) is 0 Å². The Labute approximate surface area is 114 Å². The molecule has 0 saturated heterocycles. The van der Waals surface area contributed by atoms with E-state index >= 15 is 0 Å². The Bertz CT molecular complexity index is 406. The van der Waals surface area contributed by atoms with Crippen molar-refractivity contribution in [2.24, 2.45) is 5.92 Å². The van der Waals surface area contributed by atoms with Gasteiger partial charge in [-0.2, -0.15) is 0 Å². The van der Waals surface area contributed by atoms with Gasteiger partial charge in [0.25, 0.3) is 0 Å². The largest absolute Gasteiger partial charge is 0.316 e. The highest BCUT2D eigenvalue weighted by Crippen LogP contribution is 2.37. The van der Waals surface area contributed by atoms with Crippen molar-refractivity contribution in [3.05, 3.63) is 35.4 Å². The van der Waals surface area contributed by atoms with Crippen LogP contribution in [0.2, 0.25) is 0 Å². The third-order valence-electron chi connectivity index (χ3n) is 4.11. The Kier molecular flexibility index (Phi) is 5.32. The zero-order valence-corrected chi connectivity index (χ0v) is 11.6. The fourth-order valence-electron chi connectivity index (χ4n) is 3.10. The molecule has 1 N–H and O–H groups in total. The Hall–Kier alpha value is -0.960. The molecule has 1 nitrogen and oxygen atoms in total. The average Bonchev–Trinajstić information content (AvgIpc) is 2.43. The molecule has 106 valence electrons. The molecule has 0 heterocycles. The minimum Gasteiger partial charge on any atom is -0.316 e. The van der Waals surface area contributed by atoms with Crippen LogP contribution in [-0.4, -0.2) is 13.1 Å². The van der Waals surface area contributed by atoms with Gasteiger partial charge >= 0.3 is 0 Å². The number of halogens is 2. The molecule has 1 aromatic carbocycles. The highest BCUT2D eigenvalue weighted by molar-refractivity contribution is 5.23. The van der Waals surface area contributed by atoms with Gasteiger partial charge < -0.3 is 5.32 Å². The van der Waals surface area contributed by atoms with Gasteiger partial charge in [0.2, 0.25) is 0 Å². The second-order valence-electron chi connectivity index (χ2n) is 5.53. The van der Waals surface area contributed by atoms with E-state index in [4.69, 9.17) is 0 Å². The summed E-state index contributed by atoms with van der Waals surface area (Å²) in [5.41, 5.74) is 0.960. The van der Waals surface area contributed by atoms with Crippen LogP contribution in [0.5, 0.6) is 0 Å². The zero-order chi connectivity index (χ0) is 13.7. The topological polar surface area (TPSA) is 12.0 Å². The summed E-state index contributed by atoms with van der Waals surface area (Å²) in [6, 6.07) is 4.40. The van der Waals surface area contributed by atoms with E-state index in [9.17, 15) is 8.78 Å². The van der Waals surface area contributed by atoms with Crippen molar-refractivity contribution < 1.29 is 8.78 Å². The quantitative estimate of drug-likeness (QED) is 0.787. The third-order valence-corrected chi connectivity index (χ3v) is 4.11. The predicted octanol–water partition coefficient (Wildman–Crippen LogP) is 4.24. The highest BCUT2D eigenvalue weighted by Gasteiger charge is 2.26. The van der Waals surface area contributed by atoms with E-state index in [2.05, 4.69) is 12.2 Å². The summed E-state index contributed by atoms with van der Waals surface area (Å²) in [4.78, 5) is 0. The maximum Gasteiger partial charge on any atom is 0.159 e. The van der Waals surface area contributed by atoms with E-state index in [0.29, 0.717) is 11.8 Å². The summed E-state index contributed by atoms with van der Waals surface area (Å²) in [5.74, 6) is -0.554. The summed E-state index contributed by atoms with van der Waals surface area (Å²) in [6.45, 7) is 4.17. The molecule has 0 aromatic heterocycles. The second kappa shape index (κ2) is 6.99. The molecule has 2 rings (SSSR count). The standard InChI is InChI=1S/C16H23F2N/c1-2-9-19-11-13-5-3-4-6-14(13)12-7-8-15(17)16(18)10-12/h7-8,10,13-14,19H,2-6,9,11H2,1H3. The summed E-state index contributed by atoms with van der Waals surface area (Å²) in [6.07, 6.45) is 5.83. The van der Waals surface area contributed by atoms with Crippen LogP contribution in [-0.2, 0) is 0 Å². The van der Waals surface area contributed by atoms with Crippen molar-refractivity contribution in [3.8, 4) is 0 Å². The lowest BCUT2D eigenvalue weighted by Gasteiger charge is -2.32. The minimum absolute atomic E-state index is 0.369. The first-order valence-electron chi connectivity index (χ1n) is 7.38. The molecule has 2 unspecified atom stereocenters.